The molecule has 0 radical (unpaired) electrons. The van der Waals surface area contributed by atoms with E-state index in [9.17, 15) is 18.0 Å². The monoisotopic (exact) mass is 282 g/mol. The lowest BCUT2D eigenvalue weighted by molar-refractivity contribution is -0.140. The van der Waals surface area contributed by atoms with Gasteiger partial charge in [0.1, 0.15) is 0 Å². The minimum absolute atomic E-state index is 0.0382. The average Bonchev–Trinajstić information content (AvgIpc) is 2.72. The van der Waals surface area contributed by atoms with Crippen LogP contribution in [-0.4, -0.2) is 24.1 Å². The maximum absolute atomic E-state index is 12.2. The van der Waals surface area contributed by atoms with E-state index in [1.807, 2.05) is 6.92 Å². The van der Waals surface area contributed by atoms with Crippen LogP contribution >= 0.6 is 11.3 Å². The molecule has 1 aromatic rings. The highest BCUT2D eigenvalue weighted by atomic mass is 32.1. The summed E-state index contributed by atoms with van der Waals surface area (Å²) in [4.78, 5) is 14.6. The summed E-state index contributed by atoms with van der Waals surface area (Å²) in [6.45, 7) is 2.87. The van der Waals surface area contributed by atoms with E-state index in [2.05, 4.69) is 10.3 Å². The zero-order chi connectivity index (χ0) is 13.6. The molecule has 1 rings (SSSR count). The number of nitrogens with zero attached hydrogens (tertiary/aromatic N) is 1. The van der Waals surface area contributed by atoms with Gasteiger partial charge in [0.25, 0.3) is 0 Å². The number of aromatic nitrogens is 1. The Kier molecular flexibility index (Phi) is 5.54. The van der Waals surface area contributed by atoms with Gasteiger partial charge < -0.3 is 10.1 Å². The molecule has 18 heavy (non-hydrogen) atoms. The maximum Gasteiger partial charge on any atom is 0.434 e. The van der Waals surface area contributed by atoms with Gasteiger partial charge in [0.05, 0.1) is 0 Å². The number of anilines is 1. The largest absolute Gasteiger partial charge is 0.434 e. The Bertz CT molecular complexity index is 393. The number of rotatable bonds is 6. The molecule has 8 heteroatoms. The zero-order valence-electron chi connectivity index (χ0n) is 9.71. The van der Waals surface area contributed by atoms with Gasteiger partial charge in [-0.3, -0.25) is 4.79 Å². The highest BCUT2D eigenvalue weighted by Gasteiger charge is 2.33. The summed E-state index contributed by atoms with van der Waals surface area (Å²) in [5.41, 5.74) is -0.989. The predicted molar refractivity (Wildman–Crippen MR) is 61.5 cm³/mol. The van der Waals surface area contributed by atoms with Gasteiger partial charge in [-0.05, 0) is 13.3 Å². The number of alkyl halides is 3. The van der Waals surface area contributed by atoms with Gasteiger partial charge in [-0.25, -0.2) is 4.98 Å². The molecule has 1 aromatic heterocycles. The molecule has 0 aromatic carbocycles. The second kappa shape index (κ2) is 6.69. The number of ether oxygens (including phenoxy) is 1. The first-order valence-corrected chi connectivity index (χ1v) is 6.21. The minimum Gasteiger partial charge on any atom is -0.382 e. The summed E-state index contributed by atoms with van der Waals surface area (Å²) < 4.78 is 41.8. The molecule has 1 amide bonds. The SMILES string of the molecule is CCOCCCC(=O)Nc1nc(C(F)(F)F)cs1. The quantitative estimate of drug-likeness (QED) is 0.816. The van der Waals surface area contributed by atoms with Crippen molar-refractivity contribution in [3.63, 3.8) is 0 Å². The van der Waals surface area contributed by atoms with Gasteiger partial charge in [-0.2, -0.15) is 13.2 Å². The Morgan fingerprint density at radius 3 is 2.83 bits per heavy atom. The molecule has 1 heterocycles. The van der Waals surface area contributed by atoms with Crippen molar-refractivity contribution in [2.45, 2.75) is 25.9 Å². The van der Waals surface area contributed by atoms with E-state index in [0.29, 0.717) is 19.6 Å². The van der Waals surface area contributed by atoms with Crippen molar-refractivity contribution in [2.24, 2.45) is 0 Å². The number of carbonyl (C=O) groups is 1. The lowest BCUT2D eigenvalue weighted by Gasteiger charge is -2.02. The lowest BCUT2D eigenvalue weighted by atomic mass is 10.3. The average molecular weight is 282 g/mol. The van der Waals surface area contributed by atoms with Gasteiger partial charge >= 0.3 is 6.18 Å². The number of halogens is 3. The molecule has 1 N–H and O–H groups in total. The zero-order valence-corrected chi connectivity index (χ0v) is 10.5. The van der Waals surface area contributed by atoms with Crippen LogP contribution in [0.1, 0.15) is 25.5 Å². The number of nitrogens with one attached hydrogen (secondary N) is 1. The molecule has 0 fully saturated rings. The summed E-state index contributed by atoms with van der Waals surface area (Å²) in [7, 11) is 0. The molecule has 0 bridgehead atoms. The van der Waals surface area contributed by atoms with E-state index in [1.165, 1.54) is 0 Å². The number of carbonyl (C=O) groups excluding carboxylic acids is 1. The van der Waals surface area contributed by atoms with E-state index < -0.39 is 11.9 Å². The highest BCUT2D eigenvalue weighted by molar-refractivity contribution is 7.13. The molecular formula is C10H13F3N2O2S. The fraction of sp³-hybridized carbons (Fsp3) is 0.600. The van der Waals surface area contributed by atoms with Crippen LogP contribution in [0.3, 0.4) is 0 Å². The van der Waals surface area contributed by atoms with Gasteiger partial charge in [-0.1, -0.05) is 0 Å². The Balaban J connectivity index is 2.38. The van der Waals surface area contributed by atoms with Crippen LogP contribution in [0.4, 0.5) is 18.3 Å². The third kappa shape index (κ3) is 5.01. The summed E-state index contributed by atoms with van der Waals surface area (Å²) in [5, 5.41) is 3.16. The lowest BCUT2D eigenvalue weighted by Crippen LogP contribution is -2.13. The highest BCUT2D eigenvalue weighted by Crippen LogP contribution is 2.31. The number of hydrogen-bond donors (Lipinski definition) is 1. The van der Waals surface area contributed by atoms with Crippen LogP contribution < -0.4 is 5.32 Å². The Morgan fingerprint density at radius 1 is 1.56 bits per heavy atom. The van der Waals surface area contributed by atoms with Crippen molar-refractivity contribution in [1.82, 2.24) is 4.98 Å². The van der Waals surface area contributed by atoms with Crippen molar-refractivity contribution in [3.8, 4) is 0 Å². The third-order valence-corrected chi connectivity index (χ3v) is 2.70. The summed E-state index contributed by atoms with van der Waals surface area (Å²) in [6.07, 6.45) is -3.76. The fourth-order valence-corrected chi connectivity index (χ4v) is 1.86. The van der Waals surface area contributed by atoms with Gasteiger partial charge in [-0.15, -0.1) is 11.3 Å². The second-order valence-electron chi connectivity index (χ2n) is 3.38. The molecule has 0 aliphatic carbocycles. The Morgan fingerprint density at radius 2 is 2.28 bits per heavy atom. The summed E-state index contributed by atoms with van der Waals surface area (Å²) in [5.74, 6) is -0.363. The second-order valence-corrected chi connectivity index (χ2v) is 4.24. The van der Waals surface area contributed by atoms with Crippen LogP contribution in [0.25, 0.3) is 0 Å². The van der Waals surface area contributed by atoms with E-state index in [1.54, 1.807) is 0 Å². The molecule has 102 valence electrons. The van der Waals surface area contributed by atoms with Crippen molar-refractivity contribution in [1.29, 1.82) is 0 Å². The maximum atomic E-state index is 12.2. The molecule has 0 atom stereocenters. The molecule has 0 aliphatic heterocycles. The van der Waals surface area contributed by atoms with Gasteiger partial charge in [0, 0.05) is 25.0 Å². The molecule has 0 saturated carbocycles. The first-order valence-electron chi connectivity index (χ1n) is 5.33. The van der Waals surface area contributed by atoms with Crippen molar-refractivity contribution in [2.75, 3.05) is 18.5 Å². The fourth-order valence-electron chi connectivity index (χ4n) is 1.12. The summed E-state index contributed by atoms with van der Waals surface area (Å²) in [6, 6.07) is 0. The van der Waals surface area contributed by atoms with Crippen molar-refractivity contribution >= 4 is 22.4 Å². The van der Waals surface area contributed by atoms with Crippen LogP contribution in [-0.2, 0) is 15.7 Å². The van der Waals surface area contributed by atoms with E-state index in [0.717, 1.165) is 16.7 Å². The smallest absolute Gasteiger partial charge is 0.382 e. The van der Waals surface area contributed by atoms with Crippen LogP contribution in [0.15, 0.2) is 5.38 Å². The molecule has 0 spiro atoms. The van der Waals surface area contributed by atoms with E-state index >= 15 is 0 Å². The third-order valence-electron chi connectivity index (χ3n) is 1.94. The van der Waals surface area contributed by atoms with E-state index in [-0.39, 0.29) is 17.5 Å². The molecule has 0 unspecified atom stereocenters. The normalized spacial score (nSPS) is 11.6. The number of amides is 1. The molecule has 4 nitrogen and oxygen atoms in total. The first kappa shape index (κ1) is 14.9. The van der Waals surface area contributed by atoms with Crippen molar-refractivity contribution < 1.29 is 22.7 Å². The van der Waals surface area contributed by atoms with Crippen molar-refractivity contribution in [3.05, 3.63) is 11.1 Å². The number of hydrogen-bond acceptors (Lipinski definition) is 4. The van der Waals surface area contributed by atoms with Gasteiger partial charge in [0.2, 0.25) is 5.91 Å². The summed E-state index contributed by atoms with van der Waals surface area (Å²) >= 11 is 0.754. The first-order chi connectivity index (χ1) is 8.43. The Labute approximate surface area is 106 Å². The molecular weight excluding hydrogens is 269 g/mol. The van der Waals surface area contributed by atoms with Crippen LogP contribution in [0.5, 0.6) is 0 Å². The molecule has 0 aliphatic rings. The Hall–Kier alpha value is -1.15. The molecule has 0 saturated heterocycles. The van der Waals surface area contributed by atoms with Crippen LogP contribution in [0.2, 0.25) is 0 Å². The number of thiazole rings is 1. The predicted octanol–water partition coefficient (Wildman–Crippen LogP) is 2.92. The standard InChI is InChI=1S/C10H13F3N2O2S/c1-2-17-5-3-4-8(16)15-9-14-7(6-18-9)10(11,12)13/h6H,2-5H2,1H3,(H,14,15,16). The van der Waals surface area contributed by atoms with Gasteiger partial charge in [0.15, 0.2) is 10.8 Å². The topological polar surface area (TPSA) is 51.2 Å². The minimum atomic E-state index is -4.48. The van der Waals surface area contributed by atoms with E-state index in [4.69, 9.17) is 4.74 Å². The van der Waals surface area contributed by atoms with Crippen LogP contribution in [0, 0.1) is 0 Å².